The average Bonchev–Trinajstić information content (AvgIpc) is 3.42. The first-order valence-electron chi connectivity index (χ1n) is 9.33. The Morgan fingerprint density at radius 1 is 1.30 bits per heavy atom. The fourth-order valence-electron chi connectivity index (χ4n) is 3.33. The van der Waals surface area contributed by atoms with Crippen LogP contribution in [0.2, 0.25) is 0 Å². The van der Waals surface area contributed by atoms with Gasteiger partial charge in [-0.3, -0.25) is 4.79 Å². The molecule has 1 fully saturated rings. The van der Waals surface area contributed by atoms with Gasteiger partial charge in [-0.1, -0.05) is 30.0 Å². The van der Waals surface area contributed by atoms with E-state index in [4.69, 9.17) is 4.42 Å². The van der Waals surface area contributed by atoms with Gasteiger partial charge in [-0.05, 0) is 25.5 Å². The predicted octanol–water partition coefficient (Wildman–Crippen LogP) is 2.74. The third-order valence-corrected chi connectivity index (χ3v) is 8.02. The summed E-state index contributed by atoms with van der Waals surface area (Å²) in [6.07, 6.45) is 0.882. The van der Waals surface area contributed by atoms with E-state index in [1.807, 2.05) is 42.6 Å². The Kier molecular flexibility index (Phi) is 6.21. The number of hydrogen-bond acceptors (Lipinski definition) is 9. The Labute approximate surface area is 182 Å². The second-order valence-electron chi connectivity index (χ2n) is 6.94. The lowest BCUT2D eigenvalue weighted by Crippen LogP contribution is -2.42. The number of sulfone groups is 1. The molecule has 1 aromatic carbocycles. The van der Waals surface area contributed by atoms with E-state index in [0.717, 1.165) is 22.5 Å². The molecule has 30 heavy (non-hydrogen) atoms. The molecular formula is C19H20N4O4S3. The van der Waals surface area contributed by atoms with E-state index in [9.17, 15) is 13.2 Å². The summed E-state index contributed by atoms with van der Waals surface area (Å²) in [5.41, 5.74) is 1.56. The highest BCUT2D eigenvalue weighted by Crippen LogP contribution is 2.27. The largest absolute Gasteiger partial charge is 0.416 e. The maximum Gasteiger partial charge on any atom is 0.277 e. The maximum absolute atomic E-state index is 13.0. The van der Waals surface area contributed by atoms with Crippen LogP contribution in [0.3, 0.4) is 0 Å². The summed E-state index contributed by atoms with van der Waals surface area (Å²) >= 11 is 2.71. The Morgan fingerprint density at radius 3 is 2.77 bits per heavy atom. The number of aryl methyl sites for hydroxylation is 1. The summed E-state index contributed by atoms with van der Waals surface area (Å²) in [6, 6.07) is 8.78. The molecule has 0 saturated carbocycles. The molecular weight excluding hydrogens is 444 g/mol. The lowest BCUT2D eigenvalue weighted by atomic mass is 10.2. The van der Waals surface area contributed by atoms with Crippen LogP contribution in [-0.4, -0.2) is 52.8 Å². The van der Waals surface area contributed by atoms with E-state index in [2.05, 4.69) is 15.2 Å². The van der Waals surface area contributed by atoms with Gasteiger partial charge in [0.2, 0.25) is 11.8 Å². The van der Waals surface area contributed by atoms with E-state index < -0.39 is 9.84 Å². The topological polar surface area (TPSA) is 106 Å². The quantitative estimate of drug-likeness (QED) is 0.492. The number of anilines is 1. The fraction of sp³-hybridized carbons (Fsp3) is 0.368. The van der Waals surface area contributed by atoms with Crippen LogP contribution in [0.15, 0.2) is 45.4 Å². The van der Waals surface area contributed by atoms with Crippen molar-refractivity contribution in [3.05, 3.63) is 52.3 Å². The highest BCUT2D eigenvalue weighted by molar-refractivity contribution is 7.99. The van der Waals surface area contributed by atoms with Gasteiger partial charge in [0, 0.05) is 11.1 Å². The minimum absolute atomic E-state index is 0.0178. The Bertz CT molecular complexity index is 1130. The Morgan fingerprint density at radius 2 is 2.10 bits per heavy atom. The molecule has 0 N–H and O–H groups in total. The molecule has 1 aliphatic rings. The SMILES string of the molecule is Cc1nc(Cc2nnc(SCC(=O)N(c3ccccc3)[C@@H]3CCS(=O)(=O)C3)o2)cs1. The molecule has 1 atom stereocenters. The van der Waals surface area contributed by atoms with Gasteiger partial charge in [-0.2, -0.15) is 0 Å². The summed E-state index contributed by atoms with van der Waals surface area (Å²) in [4.78, 5) is 19.0. The zero-order valence-corrected chi connectivity index (χ0v) is 18.7. The van der Waals surface area contributed by atoms with Gasteiger partial charge in [-0.25, -0.2) is 13.4 Å². The van der Waals surface area contributed by atoms with Crippen molar-refractivity contribution in [2.24, 2.45) is 0 Å². The Hall–Kier alpha value is -2.24. The van der Waals surface area contributed by atoms with Crippen molar-refractivity contribution < 1.29 is 17.6 Å². The van der Waals surface area contributed by atoms with Crippen molar-refractivity contribution >= 4 is 44.5 Å². The highest BCUT2D eigenvalue weighted by Gasteiger charge is 2.35. The maximum atomic E-state index is 13.0. The van der Waals surface area contributed by atoms with E-state index in [-0.39, 0.29) is 29.2 Å². The molecule has 4 rings (SSSR count). The number of thioether (sulfide) groups is 1. The number of nitrogens with zero attached hydrogens (tertiary/aromatic N) is 4. The zero-order chi connectivity index (χ0) is 21.1. The van der Waals surface area contributed by atoms with E-state index >= 15 is 0 Å². The molecule has 2 aromatic heterocycles. The van der Waals surface area contributed by atoms with Crippen molar-refractivity contribution in [2.75, 3.05) is 22.2 Å². The zero-order valence-electron chi connectivity index (χ0n) is 16.2. The van der Waals surface area contributed by atoms with Crippen molar-refractivity contribution in [1.82, 2.24) is 15.2 Å². The molecule has 0 radical (unpaired) electrons. The third-order valence-electron chi connectivity index (χ3n) is 4.64. The summed E-state index contributed by atoms with van der Waals surface area (Å²) in [5.74, 6) is 0.406. The van der Waals surface area contributed by atoms with E-state index in [0.29, 0.717) is 29.6 Å². The number of benzene rings is 1. The van der Waals surface area contributed by atoms with Crippen LogP contribution in [0.4, 0.5) is 5.69 Å². The number of hydrogen-bond donors (Lipinski definition) is 0. The molecule has 11 heteroatoms. The number of para-hydroxylation sites is 1. The number of carbonyl (C=O) groups excluding carboxylic acids is 1. The molecule has 1 saturated heterocycles. The number of aromatic nitrogens is 3. The minimum Gasteiger partial charge on any atom is -0.416 e. The highest BCUT2D eigenvalue weighted by atomic mass is 32.2. The lowest BCUT2D eigenvalue weighted by molar-refractivity contribution is -0.116. The van der Waals surface area contributed by atoms with Gasteiger partial charge < -0.3 is 9.32 Å². The Balaban J connectivity index is 1.43. The molecule has 8 nitrogen and oxygen atoms in total. The molecule has 0 unspecified atom stereocenters. The molecule has 1 aliphatic heterocycles. The van der Waals surface area contributed by atoms with Gasteiger partial charge in [0.25, 0.3) is 5.22 Å². The van der Waals surface area contributed by atoms with Crippen LogP contribution < -0.4 is 4.90 Å². The molecule has 0 bridgehead atoms. The smallest absolute Gasteiger partial charge is 0.277 e. The molecule has 0 aliphatic carbocycles. The second-order valence-corrected chi connectivity index (χ2v) is 11.2. The van der Waals surface area contributed by atoms with Crippen molar-refractivity contribution in [3.63, 3.8) is 0 Å². The second kappa shape index (κ2) is 8.86. The summed E-state index contributed by atoms with van der Waals surface area (Å²) < 4.78 is 29.5. The lowest BCUT2D eigenvalue weighted by Gasteiger charge is -2.28. The van der Waals surface area contributed by atoms with Crippen LogP contribution in [0.1, 0.15) is 23.0 Å². The standard InChI is InChI=1S/C19H20N4O4S3/c1-13-20-14(10-28-13)9-17-21-22-19(27-17)29-11-18(24)23(15-5-3-2-4-6-15)16-7-8-30(25,26)12-16/h2-6,10,16H,7-9,11-12H2,1H3/t16-/m1/s1. The number of thiazole rings is 1. The summed E-state index contributed by atoms with van der Waals surface area (Å²) in [6.45, 7) is 1.93. The molecule has 0 spiro atoms. The van der Waals surface area contributed by atoms with Crippen LogP contribution >= 0.6 is 23.1 Å². The normalized spacial score (nSPS) is 17.8. The first-order valence-corrected chi connectivity index (χ1v) is 13.0. The molecule has 3 heterocycles. The fourth-order valence-corrected chi connectivity index (χ4v) is 6.28. The average molecular weight is 465 g/mol. The van der Waals surface area contributed by atoms with Crippen LogP contribution in [-0.2, 0) is 21.1 Å². The van der Waals surface area contributed by atoms with E-state index in [1.165, 1.54) is 0 Å². The van der Waals surface area contributed by atoms with E-state index in [1.54, 1.807) is 16.2 Å². The van der Waals surface area contributed by atoms with Crippen molar-refractivity contribution in [3.8, 4) is 0 Å². The first-order chi connectivity index (χ1) is 14.4. The van der Waals surface area contributed by atoms with Crippen LogP contribution in [0.5, 0.6) is 0 Å². The minimum atomic E-state index is -3.12. The number of amides is 1. The third kappa shape index (κ3) is 5.08. The molecule has 158 valence electrons. The molecule has 1 amide bonds. The number of rotatable bonds is 7. The van der Waals surface area contributed by atoms with Crippen LogP contribution in [0, 0.1) is 6.92 Å². The molecule has 3 aromatic rings. The summed E-state index contributed by atoms with van der Waals surface area (Å²) in [7, 11) is -3.12. The van der Waals surface area contributed by atoms with Gasteiger partial charge in [0.1, 0.15) is 0 Å². The van der Waals surface area contributed by atoms with Gasteiger partial charge in [0.15, 0.2) is 9.84 Å². The van der Waals surface area contributed by atoms with Crippen LogP contribution in [0.25, 0.3) is 0 Å². The predicted molar refractivity (Wildman–Crippen MR) is 116 cm³/mol. The summed E-state index contributed by atoms with van der Waals surface area (Å²) in [5, 5.41) is 11.2. The number of carbonyl (C=O) groups is 1. The van der Waals surface area contributed by atoms with Gasteiger partial charge in [0.05, 0.1) is 40.4 Å². The van der Waals surface area contributed by atoms with Crippen molar-refractivity contribution in [1.29, 1.82) is 0 Å². The first kappa shape index (κ1) is 21.0. The van der Waals surface area contributed by atoms with Gasteiger partial charge >= 0.3 is 0 Å². The monoisotopic (exact) mass is 464 g/mol. The van der Waals surface area contributed by atoms with Gasteiger partial charge in [-0.15, -0.1) is 21.5 Å². The van der Waals surface area contributed by atoms with Crippen molar-refractivity contribution in [2.45, 2.75) is 31.0 Å².